The summed E-state index contributed by atoms with van der Waals surface area (Å²) in [6.07, 6.45) is 0. The summed E-state index contributed by atoms with van der Waals surface area (Å²) in [4.78, 5) is 10.3. The van der Waals surface area contributed by atoms with Gasteiger partial charge < -0.3 is 5.73 Å². The zero-order valence-electron chi connectivity index (χ0n) is 10.2. The first-order chi connectivity index (χ1) is 8.65. The molecule has 1 aromatic carbocycles. The van der Waals surface area contributed by atoms with Gasteiger partial charge in [-0.15, -0.1) is 22.7 Å². The molecule has 0 unspecified atom stereocenters. The highest BCUT2D eigenvalue weighted by molar-refractivity contribution is 7.22. The summed E-state index contributed by atoms with van der Waals surface area (Å²) in [5, 5.41) is 1.58. The van der Waals surface area contributed by atoms with Gasteiger partial charge in [-0.25, -0.2) is 9.97 Å². The quantitative estimate of drug-likeness (QED) is 0.765. The Hall–Kier alpha value is -1.46. The van der Waals surface area contributed by atoms with Gasteiger partial charge in [0.2, 0.25) is 0 Å². The number of hydrogen-bond donors (Lipinski definition) is 1. The van der Waals surface area contributed by atoms with E-state index in [4.69, 9.17) is 5.73 Å². The van der Waals surface area contributed by atoms with Crippen LogP contribution in [0, 0.1) is 0 Å². The summed E-state index contributed by atoms with van der Waals surface area (Å²) in [5.74, 6) is 0.418. The van der Waals surface area contributed by atoms with Gasteiger partial charge in [0.1, 0.15) is 10.7 Å². The van der Waals surface area contributed by atoms with Gasteiger partial charge >= 0.3 is 0 Å². The van der Waals surface area contributed by atoms with E-state index in [0.29, 0.717) is 11.0 Å². The van der Waals surface area contributed by atoms with Crippen molar-refractivity contribution in [2.45, 2.75) is 19.8 Å². The van der Waals surface area contributed by atoms with Crippen molar-refractivity contribution in [2.24, 2.45) is 0 Å². The molecule has 0 saturated carbocycles. The van der Waals surface area contributed by atoms with E-state index in [1.54, 1.807) is 22.7 Å². The van der Waals surface area contributed by atoms with E-state index in [1.807, 2.05) is 18.2 Å². The summed E-state index contributed by atoms with van der Waals surface area (Å²) in [7, 11) is 0. The van der Waals surface area contributed by atoms with E-state index in [1.165, 1.54) is 9.58 Å². The molecule has 0 aliphatic carbocycles. The van der Waals surface area contributed by atoms with Crippen molar-refractivity contribution in [1.29, 1.82) is 0 Å². The van der Waals surface area contributed by atoms with Crippen LogP contribution in [0.1, 0.15) is 24.6 Å². The van der Waals surface area contributed by atoms with Crippen LogP contribution >= 0.6 is 22.7 Å². The predicted octanol–water partition coefficient (Wildman–Crippen LogP) is 4.13. The standard InChI is InChI=1S/C13H13N3S2/c1-7(2)11-10(16-13(14)18-11)12-15-8-5-3-4-6-9(8)17-12/h3-7H,1-2H3,(H2,14,16). The SMILES string of the molecule is CC(C)c1sc(N)nc1-c1nc2ccccc2s1. The molecule has 92 valence electrons. The Bertz CT molecular complexity index is 664. The van der Waals surface area contributed by atoms with Crippen molar-refractivity contribution < 1.29 is 0 Å². The minimum Gasteiger partial charge on any atom is -0.375 e. The highest BCUT2D eigenvalue weighted by Gasteiger charge is 2.17. The number of fused-ring (bicyclic) bond motifs is 1. The second kappa shape index (κ2) is 4.33. The highest BCUT2D eigenvalue weighted by atomic mass is 32.1. The molecule has 2 aromatic heterocycles. The normalized spacial score (nSPS) is 11.5. The number of aromatic nitrogens is 2. The molecule has 3 rings (SSSR count). The van der Waals surface area contributed by atoms with Crippen molar-refractivity contribution in [1.82, 2.24) is 9.97 Å². The molecule has 18 heavy (non-hydrogen) atoms. The van der Waals surface area contributed by atoms with Crippen molar-refractivity contribution in [3.8, 4) is 10.7 Å². The van der Waals surface area contributed by atoms with Gasteiger partial charge in [-0.05, 0) is 18.1 Å². The second-order valence-electron chi connectivity index (χ2n) is 4.41. The lowest BCUT2D eigenvalue weighted by molar-refractivity contribution is 0.888. The van der Waals surface area contributed by atoms with E-state index < -0.39 is 0 Å². The molecule has 0 saturated heterocycles. The number of nitrogen functional groups attached to an aromatic ring is 1. The molecule has 0 aliphatic rings. The van der Waals surface area contributed by atoms with Gasteiger partial charge in [0.05, 0.1) is 10.2 Å². The molecule has 5 heteroatoms. The Morgan fingerprint density at radius 3 is 2.61 bits per heavy atom. The molecule has 0 radical (unpaired) electrons. The maximum Gasteiger partial charge on any atom is 0.180 e. The number of rotatable bonds is 2. The maximum atomic E-state index is 5.83. The van der Waals surface area contributed by atoms with Crippen molar-refractivity contribution in [3.05, 3.63) is 29.1 Å². The fourth-order valence-electron chi connectivity index (χ4n) is 1.87. The molecule has 0 aliphatic heterocycles. The van der Waals surface area contributed by atoms with Gasteiger partial charge in [-0.2, -0.15) is 0 Å². The topological polar surface area (TPSA) is 51.8 Å². The lowest BCUT2D eigenvalue weighted by Crippen LogP contribution is -1.87. The lowest BCUT2D eigenvalue weighted by Gasteiger charge is -2.01. The van der Waals surface area contributed by atoms with Gasteiger partial charge in [0.25, 0.3) is 0 Å². The maximum absolute atomic E-state index is 5.83. The predicted molar refractivity (Wildman–Crippen MR) is 79.2 cm³/mol. The van der Waals surface area contributed by atoms with Crippen molar-refractivity contribution in [3.63, 3.8) is 0 Å². The number of hydrogen-bond acceptors (Lipinski definition) is 5. The first kappa shape index (κ1) is 11.6. The molecule has 3 aromatic rings. The monoisotopic (exact) mass is 275 g/mol. The number of nitrogens with zero attached hydrogens (tertiary/aromatic N) is 2. The Morgan fingerprint density at radius 2 is 1.89 bits per heavy atom. The molecule has 3 nitrogen and oxygen atoms in total. The molecule has 2 N–H and O–H groups in total. The summed E-state index contributed by atoms with van der Waals surface area (Å²) in [5.41, 5.74) is 7.81. The van der Waals surface area contributed by atoms with Crippen LogP contribution in [0.15, 0.2) is 24.3 Å². The number of benzene rings is 1. The van der Waals surface area contributed by atoms with E-state index >= 15 is 0 Å². The third-order valence-electron chi connectivity index (χ3n) is 2.69. The van der Waals surface area contributed by atoms with Crippen LogP contribution in [0.2, 0.25) is 0 Å². The summed E-state index contributed by atoms with van der Waals surface area (Å²) in [6.45, 7) is 4.31. The van der Waals surface area contributed by atoms with Crippen LogP contribution in [0.4, 0.5) is 5.13 Å². The Kier molecular flexibility index (Phi) is 2.80. The average Bonchev–Trinajstić information content (AvgIpc) is 2.91. The molecule has 0 amide bonds. The van der Waals surface area contributed by atoms with Gasteiger partial charge in [-0.3, -0.25) is 0 Å². The first-order valence-electron chi connectivity index (χ1n) is 5.77. The van der Waals surface area contributed by atoms with Gasteiger partial charge in [-0.1, -0.05) is 26.0 Å². The number of para-hydroxylation sites is 1. The Morgan fingerprint density at radius 1 is 1.11 bits per heavy atom. The van der Waals surface area contributed by atoms with E-state index in [0.717, 1.165) is 16.2 Å². The Balaban J connectivity index is 2.19. The first-order valence-corrected chi connectivity index (χ1v) is 7.40. The molecule has 0 atom stereocenters. The summed E-state index contributed by atoms with van der Waals surface area (Å²) >= 11 is 3.23. The molecule has 0 bridgehead atoms. The lowest BCUT2D eigenvalue weighted by atomic mass is 10.1. The highest BCUT2D eigenvalue weighted by Crippen LogP contribution is 2.38. The van der Waals surface area contributed by atoms with Crippen LogP contribution in [-0.2, 0) is 0 Å². The second-order valence-corrected chi connectivity index (χ2v) is 6.50. The smallest absolute Gasteiger partial charge is 0.180 e. The van der Waals surface area contributed by atoms with E-state index in [-0.39, 0.29) is 0 Å². The third-order valence-corrected chi connectivity index (χ3v) is 4.92. The van der Waals surface area contributed by atoms with Crippen molar-refractivity contribution >= 4 is 38.0 Å². The fourth-order valence-corrected chi connectivity index (χ4v) is 3.74. The Labute approximate surface area is 113 Å². The van der Waals surface area contributed by atoms with Crippen LogP contribution in [0.3, 0.4) is 0 Å². The van der Waals surface area contributed by atoms with Gasteiger partial charge in [0, 0.05) is 4.88 Å². The molecule has 2 heterocycles. The zero-order chi connectivity index (χ0) is 12.7. The van der Waals surface area contributed by atoms with E-state index in [9.17, 15) is 0 Å². The molecular formula is C13H13N3S2. The number of thiazole rings is 2. The minimum absolute atomic E-state index is 0.418. The zero-order valence-corrected chi connectivity index (χ0v) is 11.8. The van der Waals surface area contributed by atoms with Gasteiger partial charge in [0.15, 0.2) is 5.13 Å². The summed E-state index contributed by atoms with van der Waals surface area (Å²) < 4.78 is 1.19. The molecule has 0 spiro atoms. The average molecular weight is 275 g/mol. The van der Waals surface area contributed by atoms with Crippen molar-refractivity contribution in [2.75, 3.05) is 5.73 Å². The molecule has 0 fully saturated rings. The number of anilines is 1. The van der Waals surface area contributed by atoms with Crippen LogP contribution in [0.25, 0.3) is 20.9 Å². The third kappa shape index (κ3) is 1.89. The fraction of sp³-hybridized carbons (Fsp3) is 0.231. The van der Waals surface area contributed by atoms with E-state index in [2.05, 4.69) is 29.9 Å². The largest absolute Gasteiger partial charge is 0.375 e. The van der Waals surface area contributed by atoms with Crippen LogP contribution in [0.5, 0.6) is 0 Å². The van der Waals surface area contributed by atoms with Crippen LogP contribution in [-0.4, -0.2) is 9.97 Å². The molecular weight excluding hydrogens is 262 g/mol. The minimum atomic E-state index is 0.418. The summed E-state index contributed by atoms with van der Waals surface area (Å²) in [6, 6.07) is 8.15. The number of nitrogens with two attached hydrogens (primary N) is 1. The van der Waals surface area contributed by atoms with Crippen LogP contribution < -0.4 is 5.73 Å².